The average Bonchev–Trinajstić information content (AvgIpc) is 2.46. The van der Waals surface area contributed by atoms with Crippen molar-refractivity contribution < 1.29 is 18.0 Å². The Labute approximate surface area is 115 Å². The molecule has 1 fully saturated rings. The molecule has 20 heavy (non-hydrogen) atoms. The van der Waals surface area contributed by atoms with Crippen LogP contribution in [0.3, 0.4) is 0 Å². The molecule has 1 atom stereocenters. The van der Waals surface area contributed by atoms with Crippen LogP contribution in [-0.4, -0.2) is 30.1 Å². The van der Waals surface area contributed by atoms with Crippen LogP contribution < -0.4 is 5.73 Å². The van der Waals surface area contributed by atoms with Crippen molar-refractivity contribution in [1.29, 1.82) is 0 Å². The Hall–Kier alpha value is -1.56. The topological polar surface area (TPSA) is 46.3 Å². The summed E-state index contributed by atoms with van der Waals surface area (Å²) in [6.45, 7) is 0.229. The predicted molar refractivity (Wildman–Crippen MR) is 68.7 cm³/mol. The van der Waals surface area contributed by atoms with Crippen molar-refractivity contribution in [3.63, 3.8) is 0 Å². The van der Waals surface area contributed by atoms with Crippen LogP contribution in [0, 0.1) is 5.92 Å². The number of nitrogens with zero attached hydrogens (tertiary/aromatic N) is 1. The highest BCUT2D eigenvalue weighted by Gasteiger charge is 2.42. The smallest absolute Gasteiger partial charge is 0.341 e. The lowest BCUT2D eigenvalue weighted by atomic mass is 9.95. The zero-order valence-electron chi connectivity index (χ0n) is 10.9. The van der Waals surface area contributed by atoms with Gasteiger partial charge in [0.15, 0.2) is 0 Å². The number of piperidine rings is 1. The number of carbonyl (C=O) groups excluding carboxylic acids is 1. The second-order valence-corrected chi connectivity index (χ2v) is 5.03. The molecular formula is C14H17F3N2O. The van der Waals surface area contributed by atoms with E-state index < -0.39 is 18.1 Å². The Morgan fingerprint density at radius 3 is 2.25 bits per heavy atom. The fourth-order valence-electron chi connectivity index (χ4n) is 2.43. The monoisotopic (exact) mass is 286 g/mol. The lowest BCUT2D eigenvalue weighted by Crippen LogP contribution is -2.45. The fourth-order valence-corrected chi connectivity index (χ4v) is 2.43. The van der Waals surface area contributed by atoms with Gasteiger partial charge in [-0.15, -0.1) is 0 Å². The molecule has 1 heterocycles. The lowest BCUT2D eigenvalue weighted by molar-refractivity contribution is -0.186. The summed E-state index contributed by atoms with van der Waals surface area (Å²) in [5.41, 5.74) is 6.55. The van der Waals surface area contributed by atoms with Gasteiger partial charge in [0.25, 0.3) is 0 Å². The first-order valence-corrected chi connectivity index (χ1v) is 6.55. The molecule has 1 amide bonds. The highest BCUT2D eigenvalue weighted by molar-refractivity contribution is 5.83. The Balaban J connectivity index is 1.95. The van der Waals surface area contributed by atoms with Crippen molar-refractivity contribution in [3.8, 4) is 0 Å². The van der Waals surface area contributed by atoms with E-state index in [0.29, 0.717) is 5.56 Å². The van der Waals surface area contributed by atoms with Gasteiger partial charge in [-0.1, -0.05) is 30.3 Å². The molecule has 0 saturated carbocycles. The van der Waals surface area contributed by atoms with Gasteiger partial charge in [-0.05, 0) is 18.4 Å². The van der Waals surface area contributed by atoms with Gasteiger partial charge in [0.05, 0.1) is 5.92 Å². The summed E-state index contributed by atoms with van der Waals surface area (Å²) >= 11 is 0. The molecule has 6 heteroatoms. The molecule has 0 bridgehead atoms. The number of hydrogen-bond acceptors (Lipinski definition) is 2. The van der Waals surface area contributed by atoms with Gasteiger partial charge in [0.2, 0.25) is 5.91 Å². The summed E-state index contributed by atoms with van der Waals surface area (Å²) in [6.07, 6.45) is -4.26. The van der Waals surface area contributed by atoms with Gasteiger partial charge in [-0.2, -0.15) is 13.2 Å². The molecule has 3 nitrogen and oxygen atoms in total. The zero-order valence-corrected chi connectivity index (χ0v) is 10.9. The Morgan fingerprint density at radius 2 is 1.75 bits per heavy atom. The second-order valence-electron chi connectivity index (χ2n) is 5.03. The number of amides is 1. The Kier molecular flexibility index (Phi) is 4.32. The maximum Gasteiger partial charge on any atom is 0.391 e. The first kappa shape index (κ1) is 14.8. The standard InChI is InChI=1S/C14H17F3N2O/c15-14(16,17)11-6-8-19(9-7-11)13(20)12(18)10-4-2-1-3-5-10/h1-5,11-12H,6-9,18H2/t12-/m1/s1. The number of rotatable bonds is 2. The predicted octanol–water partition coefficient (Wildman–Crippen LogP) is 2.49. The number of benzene rings is 1. The van der Waals surface area contributed by atoms with E-state index in [9.17, 15) is 18.0 Å². The summed E-state index contributed by atoms with van der Waals surface area (Å²) in [5.74, 6) is -1.61. The number of halogens is 3. The summed E-state index contributed by atoms with van der Waals surface area (Å²) < 4.78 is 37.7. The quantitative estimate of drug-likeness (QED) is 0.908. The van der Waals surface area contributed by atoms with Crippen LogP contribution >= 0.6 is 0 Å². The van der Waals surface area contributed by atoms with E-state index in [1.807, 2.05) is 6.07 Å². The SMILES string of the molecule is N[C@@H](C(=O)N1CCC(C(F)(F)F)CC1)c1ccccc1. The van der Waals surface area contributed by atoms with Crippen molar-refractivity contribution in [2.45, 2.75) is 25.1 Å². The van der Waals surface area contributed by atoms with E-state index in [1.54, 1.807) is 24.3 Å². The molecule has 1 aromatic carbocycles. The van der Waals surface area contributed by atoms with Gasteiger partial charge >= 0.3 is 6.18 Å². The van der Waals surface area contributed by atoms with Crippen molar-refractivity contribution in [2.24, 2.45) is 11.7 Å². The minimum absolute atomic E-state index is 0.0449. The Morgan fingerprint density at radius 1 is 1.20 bits per heavy atom. The van der Waals surface area contributed by atoms with Crippen molar-refractivity contribution in [3.05, 3.63) is 35.9 Å². The van der Waals surface area contributed by atoms with Gasteiger partial charge < -0.3 is 10.6 Å². The van der Waals surface area contributed by atoms with Crippen LogP contribution in [-0.2, 0) is 4.79 Å². The Bertz CT molecular complexity index is 453. The van der Waals surface area contributed by atoms with Crippen molar-refractivity contribution >= 4 is 5.91 Å². The number of alkyl halides is 3. The van der Waals surface area contributed by atoms with Gasteiger partial charge in [-0.3, -0.25) is 4.79 Å². The number of likely N-dealkylation sites (tertiary alicyclic amines) is 1. The molecule has 0 unspecified atom stereocenters. The average molecular weight is 286 g/mol. The number of carbonyl (C=O) groups is 1. The molecule has 1 aliphatic rings. The van der Waals surface area contributed by atoms with Gasteiger partial charge in [0, 0.05) is 13.1 Å². The first-order valence-electron chi connectivity index (χ1n) is 6.55. The van der Waals surface area contributed by atoms with Crippen LogP contribution in [0.1, 0.15) is 24.4 Å². The molecule has 0 aromatic heterocycles. The highest BCUT2D eigenvalue weighted by atomic mass is 19.4. The third-order valence-corrected chi connectivity index (χ3v) is 3.69. The summed E-state index contributed by atoms with van der Waals surface area (Å²) in [7, 11) is 0. The van der Waals surface area contributed by atoms with Crippen molar-refractivity contribution in [2.75, 3.05) is 13.1 Å². The summed E-state index contributed by atoms with van der Waals surface area (Å²) in [5, 5.41) is 0. The maximum atomic E-state index is 12.6. The van der Waals surface area contributed by atoms with Gasteiger partial charge in [0.1, 0.15) is 6.04 Å². The molecule has 1 aromatic rings. The molecule has 0 aliphatic carbocycles. The molecule has 0 radical (unpaired) electrons. The van der Waals surface area contributed by atoms with Crippen LogP contribution in [0.15, 0.2) is 30.3 Å². The molecule has 1 aliphatic heterocycles. The third-order valence-electron chi connectivity index (χ3n) is 3.69. The minimum Gasteiger partial charge on any atom is -0.341 e. The highest BCUT2D eigenvalue weighted by Crippen LogP contribution is 2.34. The fraction of sp³-hybridized carbons (Fsp3) is 0.500. The molecule has 1 saturated heterocycles. The lowest BCUT2D eigenvalue weighted by Gasteiger charge is -2.34. The molecule has 2 N–H and O–H groups in total. The van der Waals surface area contributed by atoms with E-state index in [4.69, 9.17) is 5.73 Å². The van der Waals surface area contributed by atoms with Crippen LogP contribution in [0.25, 0.3) is 0 Å². The van der Waals surface area contributed by atoms with Crippen LogP contribution in [0.2, 0.25) is 0 Å². The van der Waals surface area contributed by atoms with Crippen LogP contribution in [0.5, 0.6) is 0 Å². The van der Waals surface area contributed by atoms with E-state index in [0.717, 1.165) is 0 Å². The normalized spacial score (nSPS) is 18.9. The van der Waals surface area contributed by atoms with E-state index in [-0.39, 0.29) is 31.8 Å². The van der Waals surface area contributed by atoms with Crippen molar-refractivity contribution in [1.82, 2.24) is 4.90 Å². The second kappa shape index (κ2) is 5.83. The van der Waals surface area contributed by atoms with Gasteiger partial charge in [-0.25, -0.2) is 0 Å². The number of nitrogens with two attached hydrogens (primary N) is 1. The zero-order chi connectivity index (χ0) is 14.8. The summed E-state index contributed by atoms with van der Waals surface area (Å²) in [4.78, 5) is 13.6. The molecule has 0 spiro atoms. The maximum absolute atomic E-state index is 12.6. The molecular weight excluding hydrogens is 269 g/mol. The molecule has 2 rings (SSSR count). The first-order chi connectivity index (χ1) is 9.39. The largest absolute Gasteiger partial charge is 0.391 e. The van der Waals surface area contributed by atoms with Crippen LogP contribution in [0.4, 0.5) is 13.2 Å². The summed E-state index contributed by atoms with van der Waals surface area (Å²) in [6, 6.07) is 8.04. The molecule has 110 valence electrons. The van der Waals surface area contributed by atoms with E-state index in [1.165, 1.54) is 4.90 Å². The van der Waals surface area contributed by atoms with E-state index in [2.05, 4.69) is 0 Å². The number of hydrogen-bond donors (Lipinski definition) is 1. The van der Waals surface area contributed by atoms with E-state index >= 15 is 0 Å². The minimum atomic E-state index is -4.17. The third kappa shape index (κ3) is 3.30.